The number of nitrogens with one attached hydrogen (secondary N) is 1. The summed E-state index contributed by atoms with van der Waals surface area (Å²) < 4.78 is 44.8. The number of rotatable bonds is 11. The normalized spacial score (nSPS) is 12.5. The number of carbonyl (C=O) groups excluding carboxylic acids is 2. The number of hydrogen-bond acceptors (Lipinski definition) is 7. The zero-order chi connectivity index (χ0) is 28.3. The minimum atomic E-state index is -4.33. The highest BCUT2D eigenvalue weighted by Gasteiger charge is 2.27. The fourth-order valence-electron chi connectivity index (χ4n) is 3.34. The highest BCUT2D eigenvalue weighted by atomic mass is 19.4. The number of ether oxygens (including phenoxy) is 1. The Morgan fingerprint density at radius 1 is 1.08 bits per heavy atom. The van der Waals surface area contributed by atoms with Crippen molar-refractivity contribution in [1.82, 2.24) is 19.9 Å². The molecular weight excluding hydrogens is 501 g/mol. The van der Waals surface area contributed by atoms with Crippen molar-refractivity contribution in [2.24, 2.45) is 11.5 Å². The molecule has 9 nitrogen and oxygen atoms in total. The van der Waals surface area contributed by atoms with Gasteiger partial charge in [0.1, 0.15) is 17.2 Å². The van der Waals surface area contributed by atoms with Crippen molar-refractivity contribution in [3.63, 3.8) is 0 Å². The topological polar surface area (TPSA) is 138 Å². The SMILES string of the molecule is CC(=O)C(C)(N)N.CCCC(COCc1ccccc1)c1nnc2cccc(C(=O)NCCC(F)(F)F)n12. The molecule has 2 heterocycles. The Labute approximate surface area is 219 Å². The average Bonchev–Trinajstić information content (AvgIpc) is 3.27. The molecule has 38 heavy (non-hydrogen) atoms. The number of carbonyl (C=O) groups is 2. The molecule has 0 aliphatic carbocycles. The van der Waals surface area contributed by atoms with E-state index in [1.165, 1.54) is 13.8 Å². The van der Waals surface area contributed by atoms with E-state index in [1.54, 1.807) is 22.6 Å². The minimum Gasteiger partial charge on any atom is -0.376 e. The molecule has 3 aromatic rings. The number of amides is 1. The molecule has 0 fully saturated rings. The lowest BCUT2D eigenvalue weighted by molar-refractivity contribution is -0.133. The summed E-state index contributed by atoms with van der Waals surface area (Å²) in [4.78, 5) is 22.8. The van der Waals surface area contributed by atoms with Crippen LogP contribution in [0.25, 0.3) is 5.65 Å². The second-order valence-electron chi connectivity index (χ2n) is 9.11. The van der Waals surface area contributed by atoms with Crippen LogP contribution < -0.4 is 16.8 Å². The van der Waals surface area contributed by atoms with Crippen molar-refractivity contribution in [2.45, 2.75) is 64.4 Å². The summed E-state index contributed by atoms with van der Waals surface area (Å²) in [6, 6.07) is 14.7. The van der Waals surface area contributed by atoms with Gasteiger partial charge in [0.2, 0.25) is 0 Å². The van der Waals surface area contributed by atoms with Gasteiger partial charge in [-0.1, -0.05) is 49.7 Å². The minimum absolute atomic E-state index is 0.118. The Hall–Kier alpha value is -3.35. The smallest absolute Gasteiger partial charge is 0.376 e. The number of nitrogens with two attached hydrogens (primary N) is 2. The third kappa shape index (κ3) is 9.84. The van der Waals surface area contributed by atoms with Crippen LogP contribution in [0, 0.1) is 0 Å². The summed E-state index contributed by atoms with van der Waals surface area (Å²) >= 11 is 0. The van der Waals surface area contributed by atoms with Crippen LogP contribution in [0.1, 0.15) is 67.8 Å². The third-order valence-corrected chi connectivity index (χ3v) is 5.57. The second-order valence-corrected chi connectivity index (χ2v) is 9.11. The van der Waals surface area contributed by atoms with Crippen LogP contribution >= 0.6 is 0 Å². The first-order chi connectivity index (χ1) is 17.8. The predicted molar refractivity (Wildman–Crippen MR) is 137 cm³/mol. The van der Waals surface area contributed by atoms with Gasteiger partial charge in [-0.2, -0.15) is 13.2 Å². The van der Waals surface area contributed by atoms with Crippen molar-refractivity contribution in [3.8, 4) is 0 Å². The first kappa shape index (κ1) is 30.9. The third-order valence-electron chi connectivity index (χ3n) is 5.57. The number of hydrogen-bond donors (Lipinski definition) is 3. The number of ketones is 1. The number of pyridine rings is 1. The lowest BCUT2D eigenvalue weighted by atomic mass is 10.0. The van der Waals surface area contributed by atoms with Gasteiger partial charge < -0.3 is 21.5 Å². The Morgan fingerprint density at radius 3 is 2.32 bits per heavy atom. The maximum absolute atomic E-state index is 12.6. The lowest BCUT2D eigenvalue weighted by Gasteiger charge is -2.17. The summed E-state index contributed by atoms with van der Waals surface area (Å²) in [7, 11) is 0. The summed E-state index contributed by atoms with van der Waals surface area (Å²) in [6.45, 7) is 5.21. The van der Waals surface area contributed by atoms with Crippen LogP contribution in [-0.4, -0.2) is 51.3 Å². The van der Waals surface area contributed by atoms with Crippen molar-refractivity contribution in [2.75, 3.05) is 13.2 Å². The molecule has 12 heteroatoms. The molecule has 0 saturated heterocycles. The maximum Gasteiger partial charge on any atom is 0.390 e. The highest BCUT2D eigenvalue weighted by molar-refractivity contribution is 5.93. The second kappa shape index (κ2) is 14.0. The largest absolute Gasteiger partial charge is 0.390 e. The lowest BCUT2D eigenvalue weighted by Crippen LogP contribution is -2.52. The molecule has 1 amide bonds. The van der Waals surface area contributed by atoms with E-state index in [4.69, 9.17) is 16.2 Å². The number of nitrogens with zero attached hydrogens (tertiary/aromatic N) is 3. The Morgan fingerprint density at radius 2 is 1.74 bits per heavy atom. The zero-order valence-corrected chi connectivity index (χ0v) is 21.8. The van der Waals surface area contributed by atoms with Crippen LogP contribution in [0.2, 0.25) is 0 Å². The summed E-state index contributed by atoms with van der Waals surface area (Å²) in [5.41, 5.74) is 10.8. The number of fused-ring (bicyclic) bond motifs is 1. The summed E-state index contributed by atoms with van der Waals surface area (Å²) in [6.07, 6.45) is -3.79. The van der Waals surface area contributed by atoms with Crippen molar-refractivity contribution >= 4 is 17.3 Å². The number of alkyl halides is 3. The molecule has 0 saturated carbocycles. The van der Waals surface area contributed by atoms with E-state index in [0.717, 1.165) is 18.4 Å². The fraction of sp³-hybridized carbons (Fsp3) is 0.462. The Kier molecular flexibility index (Phi) is 11.4. The number of benzene rings is 1. The van der Waals surface area contributed by atoms with E-state index < -0.39 is 30.7 Å². The molecule has 0 bridgehead atoms. The molecule has 2 aromatic heterocycles. The molecule has 1 unspecified atom stereocenters. The quantitative estimate of drug-likeness (QED) is 0.318. The molecule has 5 N–H and O–H groups in total. The standard InChI is InChI=1S/C22H25F3N4O2.C4H10N2O/c1-2-7-17(15-31-14-16-8-4-3-5-9-16)20-28-27-19-11-6-10-18(29(19)20)21(30)26-13-12-22(23,24)25;1-3(7)4(2,5)6/h3-6,8-11,17H,2,7,12-15H2,1H3,(H,26,30);5-6H2,1-2H3. The summed E-state index contributed by atoms with van der Waals surface area (Å²) in [5, 5.41) is 10.8. The van der Waals surface area contributed by atoms with Crippen molar-refractivity contribution in [3.05, 3.63) is 65.6 Å². The fourth-order valence-corrected chi connectivity index (χ4v) is 3.34. The molecule has 1 aromatic carbocycles. The number of Topliss-reactive ketones (excluding diaryl/α,β-unsaturated/α-hetero) is 1. The van der Waals surface area contributed by atoms with E-state index >= 15 is 0 Å². The molecule has 0 spiro atoms. The van der Waals surface area contributed by atoms with Crippen LogP contribution in [0.5, 0.6) is 0 Å². The molecule has 0 aliphatic heterocycles. The van der Waals surface area contributed by atoms with Gasteiger partial charge in [0.05, 0.1) is 19.6 Å². The number of halogens is 3. The van der Waals surface area contributed by atoms with E-state index in [-0.39, 0.29) is 17.4 Å². The zero-order valence-electron chi connectivity index (χ0n) is 21.8. The van der Waals surface area contributed by atoms with Gasteiger partial charge in [0.15, 0.2) is 11.4 Å². The maximum atomic E-state index is 12.6. The van der Waals surface area contributed by atoms with Crippen LogP contribution in [0.4, 0.5) is 13.2 Å². The molecular formula is C26H35F3N6O3. The molecule has 3 rings (SSSR count). The van der Waals surface area contributed by atoms with Gasteiger partial charge in [-0.25, -0.2) is 0 Å². The van der Waals surface area contributed by atoms with Crippen LogP contribution in [0.15, 0.2) is 48.5 Å². The van der Waals surface area contributed by atoms with Gasteiger partial charge in [-0.3, -0.25) is 14.0 Å². The van der Waals surface area contributed by atoms with Crippen LogP contribution in [0.3, 0.4) is 0 Å². The first-order valence-electron chi connectivity index (χ1n) is 12.2. The predicted octanol–water partition coefficient (Wildman–Crippen LogP) is 3.72. The molecule has 0 aliphatic rings. The molecule has 0 radical (unpaired) electrons. The highest BCUT2D eigenvalue weighted by Crippen LogP contribution is 2.23. The van der Waals surface area contributed by atoms with E-state index in [1.807, 2.05) is 37.3 Å². The first-order valence-corrected chi connectivity index (χ1v) is 12.2. The Bertz CT molecular complexity index is 1180. The van der Waals surface area contributed by atoms with Crippen molar-refractivity contribution in [1.29, 1.82) is 0 Å². The van der Waals surface area contributed by atoms with Gasteiger partial charge in [0, 0.05) is 12.5 Å². The van der Waals surface area contributed by atoms with Gasteiger partial charge in [-0.05, 0) is 38.0 Å². The monoisotopic (exact) mass is 536 g/mol. The number of aromatic nitrogens is 3. The summed E-state index contributed by atoms with van der Waals surface area (Å²) in [5.74, 6) is -0.358. The van der Waals surface area contributed by atoms with E-state index in [9.17, 15) is 22.8 Å². The average molecular weight is 537 g/mol. The van der Waals surface area contributed by atoms with E-state index in [2.05, 4.69) is 15.5 Å². The Balaban J connectivity index is 0.000000638. The van der Waals surface area contributed by atoms with Gasteiger partial charge in [0.25, 0.3) is 5.91 Å². The van der Waals surface area contributed by atoms with Gasteiger partial charge in [-0.15, -0.1) is 10.2 Å². The van der Waals surface area contributed by atoms with Gasteiger partial charge >= 0.3 is 6.18 Å². The van der Waals surface area contributed by atoms with E-state index in [0.29, 0.717) is 24.7 Å². The van der Waals surface area contributed by atoms with Crippen LogP contribution in [-0.2, 0) is 16.1 Å². The molecule has 1 atom stereocenters. The van der Waals surface area contributed by atoms with Crippen molar-refractivity contribution < 1.29 is 27.5 Å². The molecule has 208 valence electrons.